The number of hydrogen-bond donors (Lipinski definition) is 0. The normalized spacial score (nSPS) is 14.1. The summed E-state index contributed by atoms with van der Waals surface area (Å²) in [5, 5.41) is 10.2. The average Bonchev–Trinajstić information content (AvgIpc) is 3.01. The molecule has 1 heterocycles. The van der Waals surface area contributed by atoms with Crippen molar-refractivity contribution in [2.75, 3.05) is 72.0 Å². The van der Waals surface area contributed by atoms with Gasteiger partial charge in [0, 0.05) is 52.0 Å². The van der Waals surface area contributed by atoms with Crippen molar-refractivity contribution in [3.8, 4) is 17.2 Å². The highest BCUT2D eigenvalue weighted by Gasteiger charge is 2.27. The van der Waals surface area contributed by atoms with Gasteiger partial charge in [0.05, 0.1) is 41.9 Å². The molecule has 1 aliphatic heterocycles. The van der Waals surface area contributed by atoms with Crippen molar-refractivity contribution in [3.05, 3.63) is 87.9 Å². The van der Waals surface area contributed by atoms with Gasteiger partial charge in [-0.1, -0.05) is 59.6 Å². The topological polar surface area (TPSA) is 80.1 Å². The summed E-state index contributed by atoms with van der Waals surface area (Å²) in [4.78, 5) is 33.5. The van der Waals surface area contributed by atoms with Gasteiger partial charge in [-0.2, -0.15) is 5.26 Å². The highest BCUT2D eigenvalue weighted by atomic mass is 35.5. The van der Waals surface area contributed by atoms with Crippen LogP contribution in [0.1, 0.15) is 22.0 Å². The molecule has 1 fully saturated rings. The van der Waals surface area contributed by atoms with E-state index in [9.17, 15) is 14.9 Å². The number of carbonyl (C=O) groups excluding carboxylic acids is 2. The van der Waals surface area contributed by atoms with E-state index in [-0.39, 0.29) is 30.9 Å². The minimum atomic E-state index is -0.232. The summed E-state index contributed by atoms with van der Waals surface area (Å²) in [5.41, 5.74) is 4.18. The molecule has 0 N–H and O–H groups in total. The molecule has 2 amide bonds. The maximum atomic E-state index is 13.7. The van der Waals surface area contributed by atoms with Crippen molar-refractivity contribution in [2.24, 2.45) is 0 Å². The van der Waals surface area contributed by atoms with Gasteiger partial charge in [0.15, 0.2) is 0 Å². The van der Waals surface area contributed by atoms with Gasteiger partial charge in [-0.15, -0.1) is 0 Å². The number of halogens is 2. The van der Waals surface area contributed by atoms with Gasteiger partial charge in [-0.05, 0) is 47.0 Å². The molecule has 8 nitrogen and oxygen atoms in total. The zero-order valence-corrected chi connectivity index (χ0v) is 25.6. The first-order valence-electron chi connectivity index (χ1n) is 13.7. The molecule has 0 saturated carbocycles. The lowest BCUT2D eigenvalue weighted by atomic mass is 9.98. The van der Waals surface area contributed by atoms with E-state index in [4.69, 9.17) is 27.9 Å². The molecule has 1 aliphatic rings. The number of hydrogen-bond acceptors (Lipinski definition) is 6. The van der Waals surface area contributed by atoms with Crippen LogP contribution in [0.2, 0.25) is 10.0 Å². The minimum absolute atomic E-state index is 0.00636. The van der Waals surface area contributed by atoms with Crippen LogP contribution in [0.4, 0.5) is 5.69 Å². The molecule has 0 bridgehead atoms. The molecule has 220 valence electrons. The molecule has 3 aromatic rings. The number of carbonyl (C=O) groups is 2. The van der Waals surface area contributed by atoms with Crippen molar-refractivity contribution in [1.82, 2.24) is 14.7 Å². The molecule has 10 heteroatoms. The van der Waals surface area contributed by atoms with Crippen LogP contribution in [-0.2, 0) is 9.53 Å². The van der Waals surface area contributed by atoms with Crippen LogP contribution in [0.25, 0.3) is 11.1 Å². The molecular formula is C32H35Cl2N5O3. The fourth-order valence-corrected chi connectivity index (χ4v) is 5.21. The van der Waals surface area contributed by atoms with Crippen LogP contribution in [0.5, 0.6) is 0 Å². The summed E-state index contributed by atoms with van der Waals surface area (Å²) in [6, 6.07) is 22.7. The van der Waals surface area contributed by atoms with Crippen molar-refractivity contribution < 1.29 is 14.3 Å². The molecule has 1 atom stereocenters. The number of nitrogens with zero attached hydrogens (tertiary/aromatic N) is 5. The molecule has 0 aliphatic carbocycles. The Kier molecular flexibility index (Phi) is 10.8. The monoisotopic (exact) mass is 607 g/mol. The fraction of sp³-hybridized carbons (Fsp3) is 0.344. The SMILES string of the molecule is CN(C)C(=O)c1cccc(-c2ccc(C(CN3CCOCC3)N(C)C(=O)CN(CC#N)c3ccc(Cl)c(Cl)c3)cc2)c1. The van der Waals surface area contributed by atoms with Crippen molar-refractivity contribution >= 4 is 40.7 Å². The van der Waals surface area contributed by atoms with Gasteiger partial charge >= 0.3 is 0 Å². The lowest BCUT2D eigenvalue weighted by molar-refractivity contribution is -0.131. The lowest BCUT2D eigenvalue weighted by Gasteiger charge is -2.36. The Morgan fingerprint density at radius 2 is 1.67 bits per heavy atom. The number of anilines is 1. The van der Waals surface area contributed by atoms with Gasteiger partial charge < -0.3 is 19.4 Å². The third kappa shape index (κ3) is 7.81. The van der Waals surface area contributed by atoms with Crippen molar-refractivity contribution in [2.45, 2.75) is 6.04 Å². The van der Waals surface area contributed by atoms with Crippen LogP contribution >= 0.6 is 23.2 Å². The highest BCUT2D eigenvalue weighted by Crippen LogP contribution is 2.29. The maximum Gasteiger partial charge on any atom is 0.253 e. The second-order valence-corrected chi connectivity index (χ2v) is 11.3. The summed E-state index contributed by atoms with van der Waals surface area (Å²) < 4.78 is 5.54. The number of ether oxygens (including phenoxy) is 1. The number of nitriles is 1. The molecule has 1 saturated heterocycles. The summed E-state index contributed by atoms with van der Waals surface area (Å²) in [6.45, 7) is 3.54. The van der Waals surface area contributed by atoms with E-state index < -0.39 is 0 Å². The Hall–Kier alpha value is -3.61. The molecule has 42 heavy (non-hydrogen) atoms. The quantitative estimate of drug-likeness (QED) is 0.294. The minimum Gasteiger partial charge on any atom is -0.379 e. The number of morpholine rings is 1. The van der Waals surface area contributed by atoms with E-state index in [1.807, 2.05) is 48.5 Å². The first-order valence-corrected chi connectivity index (χ1v) is 14.5. The number of rotatable bonds is 10. The summed E-state index contributed by atoms with van der Waals surface area (Å²) >= 11 is 12.3. The van der Waals surface area contributed by atoms with E-state index >= 15 is 0 Å². The smallest absolute Gasteiger partial charge is 0.253 e. The van der Waals surface area contributed by atoms with Gasteiger partial charge in [0.1, 0.15) is 6.54 Å². The number of benzene rings is 3. The Labute approximate surface area is 257 Å². The summed E-state index contributed by atoms with van der Waals surface area (Å²) in [6.07, 6.45) is 0. The fourth-order valence-electron chi connectivity index (χ4n) is 4.92. The van der Waals surface area contributed by atoms with Crippen LogP contribution < -0.4 is 4.90 Å². The molecule has 1 unspecified atom stereocenters. The Morgan fingerprint density at radius 1 is 0.952 bits per heavy atom. The second kappa shape index (κ2) is 14.5. The highest BCUT2D eigenvalue weighted by molar-refractivity contribution is 6.42. The number of amides is 2. The molecule has 4 rings (SSSR count). The maximum absolute atomic E-state index is 13.7. The standard InChI is InChI=1S/C32H35Cl2N5O3/c1-36(2)32(41)26-6-4-5-25(19-26)23-7-9-24(10-8-23)30(21-38-15-17-42-18-16-38)37(3)31(40)22-39(14-13-35)27-11-12-28(33)29(34)20-27/h4-12,19-20,30H,14-18,21-22H2,1-3H3. The predicted molar refractivity (Wildman–Crippen MR) is 167 cm³/mol. The molecule has 0 aromatic heterocycles. The largest absolute Gasteiger partial charge is 0.379 e. The summed E-state index contributed by atoms with van der Waals surface area (Å²) in [5.74, 6) is -0.181. The van der Waals surface area contributed by atoms with Crippen LogP contribution in [0.3, 0.4) is 0 Å². The van der Waals surface area contributed by atoms with Crippen LogP contribution in [0, 0.1) is 11.3 Å². The molecule has 0 radical (unpaired) electrons. The van der Waals surface area contributed by atoms with Gasteiger partial charge in [-0.3, -0.25) is 14.5 Å². The Bertz CT molecular complexity index is 1430. The van der Waals surface area contributed by atoms with E-state index in [0.29, 0.717) is 41.1 Å². The van der Waals surface area contributed by atoms with E-state index in [1.165, 1.54) is 0 Å². The predicted octanol–water partition coefficient (Wildman–Crippen LogP) is 5.22. The zero-order chi connectivity index (χ0) is 30.2. The van der Waals surface area contributed by atoms with Crippen molar-refractivity contribution in [3.63, 3.8) is 0 Å². The van der Waals surface area contributed by atoms with Crippen molar-refractivity contribution in [1.29, 1.82) is 5.26 Å². The first-order chi connectivity index (χ1) is 20.2. The molecular weight excluding hydrogens is 573 g/mol. The van der Waals surface area contributed by atoms with Gasteiger partial charge in [0.25, 0.3) is 5.91 Å². The summed E-state index contributed by atoms with van der Waals surface area (Å²) in [7, 11) is 5.28. The zero-order valence-electron chi connectivity index (χ0n) is 24.1. The van der Waals surface area contributed by atoms with Crippen LogP contribution in [0.15, 0.2) is 66.7 Å². The first kappa shape index (κ1) is 31.3. The van der Waals surface area contributed by atoms with E-state index in [2.05, 4.69) is 11.0 Å². The third-order valence-corrected chi connectivity index (χ3v) is 8.14. The molecule has 0 spiro atoms. The van der Waals surface area contributed by atoms with E-state index in [1.54, 1.807) is 54.0 Å². The van der Waals surface area contributed by atoms with E-state index in [0.717, 1.165) is 29.8 Å². The Balaban J connectivity index is 1.58. The third-order valence-electron chi connectivity index (χ3n) is 7.40. The van der Waals surface area contributed by atoms with Gasteiger partial charge in [0.2, 0.25) is 5.91 Å². The van der Waals surface area contributed by atoms with Gasteiger partial charge in [-0.25, -0.2) is 0 Å². The van der Waals surface area contributed by atoms with Crippen LogP contribution in [-0.4, -0.2) is 93.6 Å². The lowest BCUT2D eigenvalue weighted by Crippen LogP contribution is -2.46. The number of likely N-dealkylation sites (N-methyl/N-ethyl adjacent to an activating group) is 1. The second-order valence-electron chi connectivity index (χ2n) is 10.4. The Morgan fingerprint density at radius 3 is 2.31 bits per heavy atom. The average molecular weight is 609 g/mol. The molecule has 3 aromatic carbocycles.